The highest BCUT2D eigenvalue weighted by Gasteiger charge is 2.54. The quantitative estimate of drug-likeness (QED) is 0.564. The number of hydrogen-bond acceptors (Lipinski definition) is 4. The maximum atomic E-state index is 12.7. The number of carbonyl (C=O) groups is 2. The minimum Gasteiger partial charge on any atom is -0.462 e. The largest absolute Gasteiger partial charge is 0.462 e. The number of rotatable bonds is 5. The lowest BCUT2D eigenvalue weighted by Crippen LogP contribution is -2.67. The fourth-order valence-corrected chi connectivity index (χ4v) is 9.59. The summed E-state index contributed by atoms with van der Waals surface area (Å²) in [6.45, 7) is 7.01. The van der Waals surface area contributed by atoms with Crippen LogP contribution in [-0.2, 0) is 18.8 Å². The van der Waals surface area contributed by atoms with Crippen molar-refractivity contribution in [1.29, 1.82) is 0 Å². The van der Waals surface area contributed by atoms with Crippen molar-refractivity contribution in [2.45, 2.75) is 44.8 Å². The van der Waals surface area contributed by atoms with Crippen molar-refractivity contribution in [3.63, 3.8) is 0 Å². The van der Waals surface area contributed by atoms with Gasteiger partial charge in [-0.1, -0.05) is 81.4 Å². The van der Waals surface area contributed by atoms with Crippen LogP contribution in [0, 0.1) is 11.8 Å². The number of ether oxygens (including phenoxy) is 1. The molecule has 4 rings (SSSR count). The van der Waals surface area contributed by atoms with E-state index in [4.69, 9.17) is 9.16 Å². The summed E-state index contributed by atoms with van der Waals surface area (Å²) >= 11 is 0. The average molecular weight is 409 g/mol. The Labute approximate surface area is 173 Å². The monoisotopic (exact) mass is 408 g/mol. The van der Waals surface area contributed by atoms with E-state index in [2.05, 4.69) is 69.3 Å². The zero-order valence-corrected chi connectivity index (χ0v) is 18.3. The van der Waals surface area contributed by atoms with Crippen molar-refractivity contribution in [3.05, 3.63) is 60.7 Å². The van der Waals surface area contributed by atoms with Gasteiger partial charge in [-0.25, -0.2) is 0 Å². The summed E-state index contributed by atoms with van der Waals surface area (Å²) in [4.78, 5) is 24.4. The van der Waals surface area contributed by atoms with Gasteiger partial charge in [0, 0.05) is 24.9 Å². The number of benzene rings is 2. The minimum absolute atomic E-state index is 0.0479. The number of fused-ring (bicyclic) bond motifs is 1. The van der Waals surface area contributed by atoms with Gasteiger partial charge in [-0.2, -0.15) is 0 Å². The van der Waals surface area contributed by atoms with Crippen molar-refractivity contribution in [2.75, 3.05) is 6.61 Å². The number of hydrogen-bond donors (Lipinski definition) is 0. The molecular formula is C24H28O4Si. The lowest BCUT2D eigenvalue weighted by molar-refractivity contribution is -0.141. The Morgan fingerprint density at radius 1 is 0.931 bits per heavy atom. The van der Waals surface area contributed by atoms with Crippen LogP contribution < -0.4 is 10.4 Å². The molecular weight excluding hydrogens is 380 g/mol. The molecule has 2 aliphatic rings. The molecule has 1 saturated heterocycles. The van der Waals surface area contributed by atoms with Crippen molar-refractivity contribution in [1.82, 2.24) is 0 Å². The molecule has 0 radical (unpaired) electrons. The van der Waals surface area contributed by atoms with E-state index in [0.29, 0.717) is 19.4 Å². The topological polar surface area (TPSA) is 52.6 Å². The van der Waals surface area contributed by atoms with Crippen LogP contribution in [0.5, 0.6) is 0 Å². The number of Topliss-reactive ketones (excluding diaryl/α,β-unsaturated/α-hetero) is 1. The molecule has 29 heavy (non-hydrogen) atoms. The molecule has 2 fully saturated rings. The van der Waals surface area contributed by atoms with Crippen molar-refractivity contribution in [3.8, 4) is 0 Å². The maximum absolute atomic E-state index is 12.7. The van der Waals surface area contributed by atoms with Gasteiger partial charge in [0.15, 0.2) is 0 Å². The molecule has 3 atom stereocenters. The van der Waals surface area contributed by atoms with Gasteiger partial charge in [-0.3, -0.25) is 9.59 Å². The molecule has 0 amide bonds. The highest BCUT2D eigenvalue weighted by Crippen LogP contribution is 2.42. The van der Waals surface area contributed by atoms with Gasteiger partial charge < -0.3 is 9.16 Å². The van der Waals surface area contributed by atoms with Gasteiger partial charge in [-0.15, -0.1) is 0 Å². The predicted molar refractivity (Wildman–Crippen MR) is 115 cm³/mol. The first-order chi connectivity index (χ1) is 13.8. The maximum Gasteiger partial charge on any atom is 0.306 e. The van der Waals surface area contributed by atoms with Crippen LogP contribution in [0.4, 0.5) is 0 Å². The lowest BCUT2D eigenvalue weighted by Gasteiger charge is -2.43. The van der Waals surface area contributed by atoms with Crippen molar-refractivity contribution >= 4 is 30.4 Å². The number of ketones is 1. The zero-order chi connectivity index (χ0) is 20.6. The minimum atomic E-state index is -2.69. The van der Waals surface area contributed by atoms with Crippen LogP contribution in [0.2, 0.25) is 5.04 Å². The molecule has 2 aromatic carbocycles. The number of esters is 1. The summed E-state index contributed by atoms with van der Waals surface area (Å²) in [5, 5.41) is 2.25. The first-order valence-corrected chi connectivity index (χ1v) is 12.2. The van der Waals surface area contributed by atoms with E-state index >= 15 is 0 Å². The second kappa shape index (κ2) is 7.54. The molecule has 1 aliphatic carbocycles. The van der Waals surface area contributed by atoms with E-state index in [-0.39, 0.29) is 34.7 Å². The summed E-state index contributed by atoms with van der Waals surface area (Å²) in [6.07, 6.45) is 0.388. The van der Waals surface area contributed by atoms with Gasteiger partial charge in [0.05, 0.1) is 6.42 Å². The molecule has 152 valence electrons. The van der Waals surface area contributed by atoms with Gasteiger partial charge in [0.1, 0.15) is 11.9 Å². The van der Waals surface area contributed by atoms with E-state index in [1.807, 2.05) is 12.1 Å². The molecule has 1 aliphatic heterocycles. The van der Waals surface area contributed by atoms with Crippen molar-refractivity contribution < 1.29 is 18.8 Å². The smallest absolute Gasteiger partial charge is 0.306 e. The molecule has 0 bridgehead atoms. The first kappa shape index (κ1) is 20.0. The highest BCUT2D eigenvalue weighted by molar-refractivity contribution is 6.99. The third-order valence-electron chi connectivity index (χ3n) is 6.39. The van der Waals surface area contributed by atoms with Crippen molar-refractivity contribution in [2.24, 2.45) is 11.8 Å². The Balaban J connectivity index is 1.73. The summed E-state index contributed by atoms with van der Waals surface area (Å²) < 4.78 is 12.3. The van der Waals surface area contributed by atoms with Crippen LogP contribution in [0.25, 0.3) is 0 Å². The van der Waals surface area contributed by atoms with E-state index < -0.39 is 8.32 Å². The summed E-state index contributed by atoms with van der Waals surface area (Å²) in [7, 11) is -2.69. The zero-order valence-electron chi connectivity index (χ0n) is 17.3. The Hall–Kier alpha value is -2.24. The predicted octanol–water partition coefficient (Wildman–Crippen LogP) is 3.08. The van der Waals surface area contributed by atoms with E-state index in [9.17, 15) is 9.59 Å². The van der Waals surface area contributed by atoms with E-state index in [0.717, 1.165) is 0 Å². The fraction of sp³-hybridized carbons (Fsp3) is 0.417. The Kier molecular flexibility index (Phi) is 5.21. The molecule has 0 unspecified atom stereocenters. The Bertz CT molecular complexity index is 849. The van der Waals surface area contributed by atoms with Gasteiger partial charge in [0.2, 0.25) is 0 Å². The van der Waals surface area contributed by atoms with Crippen LogP contribution >= 0.6 is 0 Å². The summed E-state index contributed by atoms with van der Waals surface area (Å²) in [6, 6.07) is 20.8. The van der Waals surface area contributed by atoms with Crippen LogP contribution in [0.3, 0.4) is 0 Å². The van der Waals surface area contributed by atoms with E-state index in [1.54, 1.807) is 0 Å². The second-order valence-electron chi connectivity index (χ2n) is 9.15. The second-order valence-corrected chi connectivity index (χ2v) is 13.5. The Morgan fingerprint density at radius 3 is 2.00 bits per heavy atom. The Morgan fingerprint density at radius 2 is 1.48 bits per heavy atom. The van der Waals surface area contributed by atoms with Crippen LogP contribution in [0.15, 0.2) is 60.7 Å². The van der Waals surface area contributed by atoms with Gasteiger partial charge in [-0.05, 0) is 15.4 Å². The standard InChI is InChI=1S/C24H28O4Si/c1-24(2,3)29(17-10-6-4-7-11-17,18-12-8-5-9-13-18)27-16-20-19-14-23(26)28-22(19)15-21(20)25/h4-13,19-20,22H,14-16H2,1-3H3/t19-,20-,22+/m1/s1. The molecule has 4 nitrogen and oxygen atoms in total. The summed E-state index contributed by atoms with van der Waals surface area (Å²) in [5.74, 6) is -0.352. The molecule has 0 aromatic heterocycles. The van der Waals surface area contributed by atoms with E-state index in [1.165, 1.54) is 10.4 Å². The number of carbonyl (C=O) groups excluding carboxylic acids is 2. The molecule has 5 heteroatoms. The highest BCUT2D eigenvalue weighted by atomic mass is 28.4. The SMILES string of the molecule is CC(C)(C)[Si](OC[C@H]1C(=O)C[C@@H]2OC(=O)C[C@@H]21)(c1ccccc1)c1ccccc1. The van der Waals surface area contributed by atoms with Crippen LogP contribution in [-0.4, -0.2) is 32.8 Å². The van der Waals surface area contributed by atoms with Gasteiger partial charge >= 0.3 is 5.97 Å². The van der Waals surface area contributed by atoms with Gasteiger partial charge in [0.25, 0.3) is 8.32 Å². The van der Waals surface area contributed by atoms with Crippen LogP contribution in [0.1, 0.15) is 33.6 Å². The first-order valence-electron chi connectivity index (χ1n) is 10.3. The third-order valence-corrected chi connectivity index (χ3v) is 11.4. The molecule has 0 N–H and O–H groups in total. The summed E-state index contributed by atoms with van der Waals surface area (Å²) in [5.41, 5.74) is 0. The fourth-order valence-electron chi connectivity index (χ4n) is 5.00. The lowest BCUT2D eigenvalue weighted by atomic mass is 9.94. The normalized spacial score (nSPS) is 24.4. The molecule has 1 heterocycles. The molecule has 2 aromatic rings. The molecule has 0 spiro atoms. The average Bonchev–Trinajstić information content (AvgIpc) is 3.18. The molecule has 1 saturated carbocycles. The third kappa shape index (κ3) is 3.47.